The fourth-order valence-corrected chi connectivity index (χ4v) is 4.73. The van der Waals surface area contributed by atoms with E-state index in [0.717, 1.165) is 31.4 Å². The second-order valence-electron chi connectivity index (χ2n) is 8.49. The van der Waals surface area contributed by atoms with Gasteiger partial charge in [-0.05, 0) is 66.7 Å². The normalized spacial score (nSPS) is 22.6. The summed E-state index contributed by atoms with van der Waals surface area (Å²) in [6.45, 7) is 3.89. The number of benzene rings is 1. The minimum Gasteiger partial charge on any atom is -0.494 e. The van der Waals surface area contributed by atoms with Crippen LogP contribution in [-0.2, 0) is 4.79 Å². The summed E-state index contributed by atoms with van der Waals surface area (Å²) in [4.78, 5) is 22.5. The zero-order chi connectivity index (χ0) is 21.1. The van der Waals surface area contributed by atoms with Crippen LogP contribution in [0.1, 0.15) is 55.6 Å². The highest BCUT2D eigenvalue weighted by molar-refractivity contribution is 5.81. The number of rotatable bonds is 6. The summed E-state index contributed by atoms with van der Waals surface area (Å²) >= 11 is 0. The maximum Gasteiger partial charge on any atom is 0.239 e. The molecule has 30 heavy (non-hydrogen) atoms. The van der Waals surface area contributed by atoms with Gasteiger partial charge in [-0.3, -0.25) is 4.79 Å². The van der Waals surface area contributed by atoms with Crippen LogP contribution in [0.25, 0.3) is 0 Å². The van der Waals surface area contributed by atoms with Gasteiger partial charge in [0.15, 0.2) is 11.6 Å². The lowest BCUT2D eigenvalue weighted by atomic mass is 9.88. The number of methoxy groups -OCH3 is 1. The smallest absolute Gasteiger partial charge is 0.239 e. The zero-order valence-electron chi connectivity index (χ0n) is 17.6. The van der Waals surface area contributed by atoms with Crippen molar-refractivity contribution in [2.24, 2.45) is 5.92 Å². The molecule has 2 aliphatic rings. The van der Waals surface area contributed by atoms with Crippen molar-refractivity contribution in [1.82, 2.24) is 15.3 Å². The number of amides is 1. The quantitative estimate of drug-likeness (QED) is 0.785. The Kier molecular flexibility index (Phi) is 6.16. The molecule has 1 aliphatic carbocycles. The summed E-state index contributed by atoms with van der Waals surface area (Å²) in [5, 5.41) is 2.82. The van der Waals surface area contributed by atoms with Crippen LogP contribution < -0.4 is 15.0 Å². The van der Waals surface area contributed by atoms with Gasteiger partial charge in [0.2, 0.25) is 11.9 Å². The Hall–Kier alpha value is -2.70. The number of ether oxygens (including phenoxy) is 1. The number of aromatic nitrogens is 2. The Balaban J connectivity index is 1.34. The molecule has 7 heteroatoms. The van der Waals surface area contributed by atoms with Crippen LogP contribution in [0.15, 0.2) is 30.6 Å². The highest BCUT2D eigenvalue weighted by Gasteiger charge is 2.28. The van der Waals surface area contributed by atoms with E-state index in [-0.39, 0.29) is 11.7 Å². The third-order valence-electron chi connectivity index (χ3n) is 6.42. The molecule has 2 fully saturated rings. The monoisotopic (exact) mass is 412 g/mol. The minimum atomic E-state index is -0.317. The third-order valence-corrected chi connectivity index (χ3v) is 6.42. The highest BCUT2D eigenvalue weighted by atomic mass is 19.1. The summed E-state index contributed by atoms with van der Waals surface area (Å²) in [5.74, 6) is 2.10. The van der Waals surface area contributed by atoms with Gasteiger partial charge in [-0.1, -0.05) is 13.0 Å². The van der Waals surface area contributed by atoms with E-state index in [0.29, 0.717) is 42.5 Å². The first-order valence-electron chi connectivity index (χ1n) is 10.7. The number of carbonyl (C=O) groups is 1. The van der Waals surface area contributed by atoms with Crippen molar-refractivity contribution in [3.63, 3.8) is 0 Å². The molecule has 2 heterocycles. The van der Waals surface area contributed by atoms with Crippen LogP contribution >= 0.6 is 0 Å². The van der Waals surface area contributed by atoms with Crippen molar-refractivity contribution in [3.8, 4) is 5.75 Å². The maximum atomic E-state index is 13.7. The molecule has 3 atom stereocenters. The van der Waals surface area contributed by atoms with Crippen LogP contribution in [0, 0.1) is 11.7 Å². The van der Waals surface area contributed by atoms with Crippen molar-refractivity contribution in [2.75, 3.05) is 31.6 Å². The number of carbonyl (C=O) groups excluding carboxylic acids is 1. The van der Waals surface area contributed by atoms with Crippen LogP contribution in [-0.4, -0.2) is 42.6 Å². The summed E-state index contributed by atoms with van der Waals surface area (Å²) in [7, 11) is 1.50. The molecule has 2 aromatic rings. The molecular weight excluding hydrogens is 383 g/mol. The molecule has 1 aromatic heterocycles. The molecule has 1 saturated carbocycles. The Morgan fingerprint density at radius 1 is 1.30 bits per heavy atom. The van der Waals surface area contributed by atoms with Gasteiger partial charge in [0, 0.05) is 25.5 Å². The predicted octanol–water partition coefficient (Wildman–Crippen LogP) is 3.64. The number of nitrogens with zero attached hydrogens (tertiary/aromatic N) is 3. The number of halogens is 1. The number of nitrogens with one attached hydrogen (secondary N) is 1. The van der Waals surface area contributed by atoms with Gasteiger partial charge in [0.05, 0.1) is 13.7 Å². The van der Waals surface area contributed by atoms with Crippen LogP contribution in [0.4, 0.5) is 10.3 Å². The van der Waals surface area contributed by atoms with Gasteiger partial charge >= 0.3 is 0 Å². The molecule has 6 nitrogen and oxygen atoms in total. The van der Waals surface area contributed by atoms with Gasteiger partial charge < -0.3 is 15.0 Å². The van der Waals surface area contributed by atoms with E-state index in [2.05, 4.69) is 22.2 Å². The fourth-order valence-electron chi connectivity index (χ4n) is 4.73. The Bertz CT molecular complexity index is 889. The molecule has 160 valence electrons. The van der Waals surface area contributed by atoms with E-state index in [9.17, 15) is 9.18 Å². The molecule has 1 N–H and O–H groups in total. The number of piperazine rings is 1. The van der Waals surface area contributed by atoms with Crippen molar-refractivity contribution in [3.05, 3.63) is 47.5 Å². The Morgan fingerprint density at radius 2 is 2.10 bits per heavy atom. The second-order valence-corrected chi connectivity index (χ2v) is 8.49. The van der Waals surface area contributed by atoms with Gasteiger partial charge in [0.1, 0.15) is 0 Å². The SMILES string of the molecule is COc1cc([C@@H](C)C[C@H]2CC[C@@H](c3cnc(N4CCNC(=O)C4)nc3)C2)ccc1F. The average molecular weight is 413 g/mol. The van der Waals surface area contributed by atoms with Gasteiger partial charge in [-0.2, -0.15) is 0 Å². The maximum absolute atomic E-state index is 13.7. The Labute approximate surface area is 176 Å². The van der Waals surface area contributed by atoms with Gasteiger partial charge in [-0.25, -0.2) is 14.4 Å². The molecule has 0 bridgehead atoms. The molecule has 4 rings (SSSR count). The zero-order valence-corrected chi connectivity index (χ0v) is 17.6. The van der Waals surface area contributed by atoms with E-state index in [1.807, 2.05) is 29.4 Å². The van der Waals surface area contributed by atoms with Crippen molar-refractivity contribution in [2.45, 2.75) is 44.4 Å². The lowest BCUT2D eigenvalue weighted by Crippen LogP contribution is -2.48. The standard InChI is InChI=1S/C23H29FN4O2/c1-15(17-5-6-20(24)21(11-17)30-2)9-16-3-4-18(10-16)19-12-26-23(27-13-19)28-8-7-25-22(29)14-28/h5-6,11-13,15-16,18H,3-4,7-10,14H2,1-2H3,(H,25,29)/t15-,16+,18+/m0/s1. The minimum absolute atomic E-state index is 0.0143. The van der Waals surface area contributed by atoms with E-state index in [1.165, 1.54) is 25.2 Å². The van der Waals surface area contributed by atoms with Crippen molar-refractivity contribution < 1.29 is 13.9 Å². The molecular formula is C23H29FN4O2. The third kappa shape index (κ3) is 4.55. The van der Waals surface area contributed by atoms with Crippen LogP contribution in [0.5, 0.6) is 5.75 Å². The van der Waals surface area contributed by atoms with Gasteiger partial charge in [0.25, 0.3) is 0 Å². The lowest BCUT2D eigenvalue weighted by Gasteiger charge is -2.26. The number of hydrogen-bond acceptors (Lipinski definition) is 5. The number of hydrogen-bond donors (Lipinski definition) is 1. The van der Waals surface area contributed by atoms with E-state index >= 15 is 0 Å². The van der Waals surface area contributed by atoms with Crippen molar-refractivity contribution in [1.29, 1.82) is 0 Å². The molecule has 0 spiro atoms. The first-order chi connectivity index (χ1) is 14.5. The van der Waals surface area contributed by atoms with Crippen LogP contribution in [0.2, 0.25) is 0 Å². The summed E-state index contributed by atoms with van der Waals surface area (Å²) in [5.41, 5.74) is 2.30. The topological polar surface area (TPSA) is 67.3 Å². The second kappa shape index (κ2) is 8.98. The summed E-state index contributed by atoms with van der Waals surface area (Å²) in [6, 6.07) is 5.18. The van der Waals surface area contributed by atoms with E-state index in [1.54, 1.807) is 0 Å². The van der Waals surface area contributed by atoms with E-state index < -0.39 is 0 Å². The average Bonchev–Trinajstić information content (AvgIpc) is 3.22. The largest absolute Gasteiger partial charge is 0.494 e. The number of anilines is 1. The van der Waals surface area contributed by atoms with Gasteiger partial charge in [-0.15, -0.1) is 0 Å². The van der Waals surface area contributed by atoms with E-state index in [4.69, 9.17) is 4.74 Å². The highest BCUT2D eigenvalue weighted by Crippen LogP contribution is 2.42. The summed E-state index contributed by atoms with van der Waals surface area (Å²) < 4.78 is 18.8. The Morgan fingerprint density at radius 3 is 2.83 bits per heavy atom. The summed E-state index contributed by atoms with van der Waals surface area (Å²) in [6.07, 6.45) is 8.37. The fraction of sp³-hybridized carbons (Fsp3) is 0.522. The molecule has 0 unspecified atom stereocenters. The lowest BCUT2D eigenvalue weighted by molar-refractivity contribution is -0.120. The molecule has 1 saturated heterocycles. The first kappa shape index (κ1) is 20.6. The van der Waals surface area contributed by atoms with Crippen molar-refractivity contribution >= 4 is 11.9 Å². The molecule has 1 aliphatic heterocycles. The van der Waals surface area contributed by atoms with Crippen LogP contribution in [0.3, 0.4) is 0 Å². The molecule has 1 amide bonds. The molecule has 1 aromatic carbocycles. The molecule has 0 radical (unpaired) electrons. The first-order valence-corrected chi connectivity index (χ1v) is 10.7. The predicted molar refractivity (Wildman–Crippen MR) is 113 cm³/mol.